The smallest absolute Gasteiger partial charge is 0.271 e. The van der Waals surface area contributed by atoms with Crippen molar-refractivity contribution in [2.24, 2.45) is 11.0 Å². The van der Waals surface area contributed by atoms with E-state index in [1.807, 2.05) is 20.8 Å². The van der Waals surface area contributed by atoms with Gasteiger partial charge < -0.3 is 14.6 Å². The van der Waals surface area contributed by atoms with Gasteiger partial charge in [-0.15, -0.1) is 0 Å². The van der Waals surface area contributed by atoms with Gasteiger partial charge in [0, 0.05) is 5.56 Å². The molecule has 0 aliphatic carbocycles. The molecule has 2 aromatic rings. The van der Waals surface area contributed by atoms with Gasteiger partial charge >= 0.3 is 0 Å². The lowest BCUT2D eigenvalue weighted by atomic mass is 10.2. The summed E-state index contributed by atoms with van der Waals surface area (Å²) in [5, 5.41) is 13.6. The van der Waals surface area contributed by atoms with E-state index in [1.54, 1.807) is 12.1 Å². The monoisotopic (exact) mass is 390 g/mol. The minimum atomic E-state index is -0.390. The molecule has 0 aliphatic rings. The SMILES string of the molecule is CCOc1cc(/C=N\NC(=O)c2ccc(O)cc2)cc(Cl)c1OCC(C)C. The molecule has 0 bridgehead atoms. The van der Waals surface area contributed by atoms with Gasteiger partial charge in [0.15, 0.2) is 11.5 Å². The quantitative estimate of drug-likeness (QED) is 0.521. The number of rotatable bonds is 8. The number of halogens is 1. The molecule has 2 N–H and O–H groups in total. The van der Waals surface area contributed by atoms with Crippen LogP contribution in [-0.4, -0.2) is 30.4 Å². The first-order valence-corrected chi connectivity index (χ1v) is 9.00. The van der Waals surface area contributed by atoms with Crippen LogP contribution in [0.5, 0.6) is 17.2 Å². The molecule has 2 aromatic carbocycles. The van der Waals surface area contributed by atoms with Crippen molar-refractivity contribution in [2.75, 3.05) is 13.2 Å². The van der Waals surface area contributed by atoms with Crippen molar-refractivity contribution >= 4 is 23.7 Å². The summed E-state index contributed by atoms with van der Waals surface area (Å²) in [6, 6.07) is 9.32. The van der Waals surface area contributed by atoms with Crippen molar-refractivity contribution in [3.8, 4) is 17.2 Å². The third-order valence-corrected chi connectivity index (χ3v) is 3.68. The van der Waals surface area contributed by atoms with Crippen molar-refractivity contribution in [1.82, 2.24) is 5.43 Å². The summed E-state index contributed by atoms with van der Waals surface area (Å²) < 4.78 is 11.4. The average molecular weight is 391 g/mol. The minimum absolute atomic E-state index is 0.0907. The molecule has 0 unspecified atom stereocenters. The van der Waals surface area contributed by atoms with Gasteiger partial charge in [0.1, 0.15) is 5.75 Å². The number of amides is 1. The van der Waals surface area contributed by atoms with Gasteiger partial charge in [0.25, 0.3) is 5.91 Å². The van der Waals surface area contributed by atoms with Crippen LogP contribution in [0.4, 0.5) is 0 Å². The Hall–Kier alpha value is -2.73. The fraction of sp³-hybridized carbons (Fsp3) is 0.300. The maximum atomic E-state index is 12.0. The molecule has 0 spiro atoms. The van der Waals surface area contributed by atoms with Crippen LogP contribution >= 0.6 is 11.6 Å². The first-order chi connectivity index (χ1) is 12.9. The van der Waals surface area contributed by atoms with Gasteiger partial charge in [-0.1, -0.05) is 25.4 Å². The molecule has 2 rings (SSSR count). The van der Waals surface area contributed by atoms with Crippen LogP contribution in [0.1, 0.15) is 36.7 Å². The highest BCUT2D eigenvalue weighted by Gasteiger charge is 2.13. The van der Waals surface area contributed by atoms with E-state index in [1.165, 1.54) is 30.5 Å². The van der Waals surface area contributed by atoms with Crippen LogP contribution in [0.2, 0.25) is 5.02 Å². The fourth-order valence-corrected chi connectivity index (χ4v) is 2.43. The minimum Gasteiger partial charge on any atom is -0.508 e. The molecule has 144 valence electrons. The molecule has 0 aromatic heterocycles. The second-order valence-electron chi connectivity index (χ2n) is 6.21. The second-order valence-corrected chi connectivity index (χ2v) is 6.62. The standard InChI is InChI=1S/C20H23ClN2O4/c1-4-26-18-10-14(9-17(21)19(18)27-12-13(2)3)11-22-23-20(25)15-5-7-16(24)8-6-15/h5-11,13,24H,4,12H2,1-3H3,(H,23,25)/b22-11-. The van der Waals surface area contributed by atoms with Crippen LogP contribution in [0, 0.1) is 5.92 Å². The van der Waals surface area contributed by atoms with Crippen molar-refractivity contribution in [1.29, 1.82) is 0 Å². The van der Waals surface area contributed by atoms with Gasteiger partial charge in [-0.2, -0.15) is 5.10 Å². The molecule has 0 saturated heterocycles. The van der Waals surface area contributed by atoms with Gasteiger partial charge in [-0.25, -0.2) is 5.43 Å². The summed E-state index contributed by atoms with van der Waals surface area (Å²) >= 11 is 6.33. The lowest BCUT2D eigenvalue weighted by Crippen LogP contribution is -2.17. The molecule has 27 heavy (non-hydrogen) atoms. The van der Waals surface area contributed by atoms with E-state index in [4.69, 9.17) is 21.1 Å². The van der Waals surface area contributed by atoms with Crippen LogP contribution < -0.4 is 14.9 Å². The highest BCUT2D eigenvalue weighted by molar-refractivity contribution is 6.32. The van der Waals surface area contributed by atoms with Crippen molar-refractivity contribution in [2.45, 2.75) is 20.8 Å². The molecule has 0 fully saturated rings. The largest absolute Gasteiger partial charge is 0.508 e. The highest BCUT2D eigenvalue weighted by Crippen LogP contribution is 2.36. The number of hydrogen-bond donors (Lipinski definition) is 2. The Morgan fingerprint density at radius 1 is 1.26 bits per heavy atom. The maximum absolute atomic E-state index is 12.0. The number of phenols is 1. The zero-order valence-electron chi connectivity index (χ0n) is 15.5. The van der Waals surface area contributed by atoms with Crippen LogP contribution in [-0.2, 0) is 0 Å². The molecule has 0 heterocycles. The summed E-state index contributed by atoms with van der Waals surface area (Å²) in [5.74, 6) is 1.08. The van der Waals surface area contributed by atoms with Gasteiger partial charge in [-0.3, -0.25) is 4.79 Å². The number of hydrogen-bond acceptors (Lipinski definition) is 5. The van der Waals surface area contributed by atoms with E-state index in [0.29, 0.717) is 46.8 Å². The Balaban J connectivity index is 2.11. The first-order valence-electron chi connectivity index (χ1n) is 8.62. The average Bonchev–Trinajstić information content (AvgIpc) is 2.61. The molecule has 0 radical (unpaired) electrons. The molecular formula is C20H23ClN2O4. The predicted octanol–water partition coefficient (Wildman–Crippen LogP) is 4.24. The topological polar surface area (TPSA) is 80.2 Å². The van der Waals surface area contributed by atoms with Crippen LogP contribution in [0.25, 0.3) is 0 Å². The zero-order chi connectivity index (χ0) is 19.8. The normalized spacial score (nSPS) is 11.0. The van der Waals surface area contributed by atoms with Gasteiger partial charge in [-0.05, 0) is 54.8 Å². The molecule has 0 aliphatic heterocycles. The van der Waals surface area contributed by atoms with Gasteiger partial charge in [0.2, 0.25) is 0 Å². The van der Waals surface area contributed by atoms with Crippen molar-refractivity contribution < 1.29 is 19.4 Å². The highest BCUT2D eigenvalue weighted by atomic mass is 35.5. The molecule has 7 heteroatoms. The lowest BCUT2D eigenvalue weighted by Gasteiger charge is -2.15. The van der Waals surface area contributed by atoms with E-state index >= 15 is 0 Å². The van der Waals surface area contributed by atoms with E-state index in [2.05, 4.69) is 10.5 Å². The number of nitrogens with zero attached hydrogens (tertiary/aromatic N) is 1. The molecule has 0 atom stereocenters. The third-order valence-electron chi connectivity index (χ3n) is 3.40. The summed E-state index contributed by atoms with van der Waals surface area (Å²) in [7, 11) is 0. The molecular weight excluding hydrogens is 368 g/mol. The van der Waals surface area contributed by atoms with Crippen LogP contribution in [0.15, 0.2) is 41.5 Å². The number of ether oxygens (including phenoxy) is 2. The fourth-order valence-electron chi connectivity index (χ4n) is 2.16. The Bertz CT molecular complexity index is 804. The van der Waals surface area contributed by atoms with E-state index in [9.17, 15) is 9.90 Å². The number of benzene rings is 2. The van der Waals surface area contributed by atoms with E-state index < -0.39 is 0 Å². The molecule has 6 nitrogen and oxygen atoms in total. The number of carbonyl (C=O) groups is 1. The molecule has 1 amide bonds. The number of carbonyl (C=O) groups excluding carboxylic acids is 1. The van der Waals surface area contributed by atoms with Crippen molar-refractivity contribution in [3.05, 3.63) is 52.5 Å². The predicted molar refractivity (Wildman–Crippen MR) is 106 cm³/mol. The van der Waals surface area contributed by atoms with Crippen LogP contribution in [0.3, 0.4) is 0 Å². The Morgan fingerprint density at radius 2 is 1.96 bits per heavy atom. The Morgan fingerprint density at radius 3 is 2.59 bits per heavy atom. The van der Waals surface area contributed by atoms with E-state index in [-0.39, 0.29) is 11.7 Å². The first kappa shape index (κ1) is 20.6. The van der Waals surface area contributed by atoms with E-state index in [0.717, 1.165) is 0 Å². The number of nitrogens with one attached hydrogen (secondary N) is 1. The third kappa shape index (κ3) is 6.18. The van der Waals surface area contributed by atoms with Gasteiger partial charge in [0.05, 0.1) is 24.5 Å². The molecule has 0 saturated carbocycles. The summed E-state index contributed by atoms with van der Waals surface area (Å²) in [5.41, 5.74) is 3.47. The lowest BCUT2D eigenvalue weighted by molar-refractivity contribution is 0.0955. The van der Waals surface area contributed by atoms with Crippen molar-refractivity contribution in [3.63, 3.8) is 0 Å². The summed E-state index contributed by atoms with van der Waals surface area (Å²) in [6.07, 6.45) is 1.47. The second kappa shape index (κ2) is 9.83. The Labute approximate surface area is 163 Å². The summed E-state index contributed by atoms with van der Waals surface area (Å²) in [4.78, 5) is 12.0. The Kier molecular flexibility index (Phi) is 7.49. The maximum Gasteiger partial charge on any atom is 0.271 e. The summed E-state index contributed by atoms with van der Waals surface area (Å²) in [6.45, 7) is 6.96. The number of aromatic hydroxyl groups is 1. The number of phenolic OH excluding ortho intramolecular Hbond substituents is 1. The number of hydrazone groups is 1. The zero-order valence-corrected chi connectivity index (χ0v) is 16.3.